The number of ether oxygens (including phenoxy) is 1. The van der Waals surface area contributed by atoms with E-state index in [0.29, 0.717) is 19.4 Å². The van der Waals surface area contributed by atoms with Gasteiger partial charge in [0.05, 0.1) is 12.1 Å². The van der Waals surface area contributed by atoms with Crippen LogP contribution in [0.4, 0.5) is 8.78 Å². The van der Waals surface area contributed by atoms with Crippen LogP contribution in [0.5, 0.6) is 0 Å². The Hall–Kier alpha value is -0.520. The van der Waals surface area contributed by atoms with E-state index in [-0.39, 0.29) is 24.2 Å². The number of amides is 1. The number of carbonyl (C=O) groups excluding carboxylic acids is 1. The number of aliphatic hydroxyl groups is 3. The lowest BCUT2D eigenvalue weighted by Gasteiger charge is -2.44. The quantitative estimate of drug-likeness (QED) is 0.380. The minimum Gasteiger partial charge on any atom is -0.388 e. The summed E-state index contributed by atoms with van der Waals surface area (Å²) >= 11 is 1.22. The number of halogens is 2. The Kier molecular flexibility index (Phi) is 8.90. The largest absolute Gasteiger partial charge is 0.388 e. The molecular weight excluding hydrogens is 394 g/mol. The fourth-order valence-electron chi connectivity index (χ4n) is 3.85. The van der Waals surface area contributed by atoms with Gasteiger partial charge in [0.25, 0.3) is 0 Å². The molecule has 0 saturated carbocycles. The van der Waals surface area contributed by atoms with E-state index in [0.717, 1.165) is 0 Å². The van der Waals surface area contributed by atoms with Crippen LogP contribution in [0.15, 0.2) is 0 Å². The Balaban J connectivity index is 1.99. The van der Waals surface area contributed by atoms with Crippen molar-refractivity contribution in [3.63, 3.8) is 0 Å². The molecule has 2 aliphatic heterocycles. The predicted molar refractivity (Wildman–Crippen MR) is 102 cm³/mol. The summed E-state index contributed by atoms with van der Waals surface area (Å²) in [5.41, 5.74) is -0.718. The van der Waals surface area contributed by atoms with Gasteiger partial charge in [-0.1, -0.05) is 13.8 Å². The van der Waals surface area contributed by atoms with Crippen LogP contribution < -0.4 is 10.6 Å². The van der Waals surface area contributed by atoms with Crippen molar-refractivity contribution in [1.29, 1.82) is 0 Å². The fraction of sp³-hybridized carbons (Fsp3) is 0.944. The molecule has 0 radical (unpaired) electrons. The molecule has 5 N–H and O–H groups in total. The van der Waals surface area contributed by atoms with Crippen molar-refractivity contribution in [3.8, 4) is 0 Å². The predicted octanol–water partition coefficient (Wildman–Crippen LogP) is 0.321. The van der Waals surface area contributed by atoms with Crippen LogP contribution in [-0.4, -0.2) is 82.4 Å². The first kappa shape index (κ1) is 23.8. The molecule has 0 bridgehead atoms. The first-order chi connectivity index (χ1) is 13.1. The highest BCUT2D eigenvalue weighted by Crippen LogP contribution is 2.30. The van der Waals surface area contributed by atoms with E-state index in [9.17, 15) is 28.9 Å². The molecule has 0 aromatic carbocycles. The van der Waals surface area contributed by atoms with Crippen LogP contribution in [0.1, 0.15) is 33.1 Å². The van der Waals surface area contributed by atoms with Crippen molar-refractivity contribution >= 4 is 17.7 Å². The Labute approximate surface area is 168 Å². The molecule has 164 valence electrons. The van der Waals surface area contributed by atoms with E-state index >= 15 is 0 Å². The second kappa shape index (κ2) is 10.5. The van der Waals surface area contributed by atoms with Gasteiger partial charge in [-0.3, -0.25) is 4.79 Å². The molecule has 2 aliphatic rings. The minimum absolute atomic E-state index is 0.0246. The fourth-order valence-corrected chi connectivity index (χ4v) is 4.53. The molecule has 1 amide bonds. The van der Waals surface area contributed by atoms with E-state index in [2.05, 4.69) is 10.6 Å². The zero-order valence-electron chi connectivity index (χ0n) is 16.4. The number of carbonyl (C=O) groups is 1. The first-order valence-electron chi connectivity index (χ1n) is 9.70. The van der Waals surface area contributed by atoms with Gasteiger partial charge in [-0.05, 0) is 37.5 Å². The average molecular weight is 427 g/mol. The maximum atomic E-state index is 12.7. The third-order valence-electron chi connectivity index (χ3n) is 5.55. The van der Waals surface area contributed by atoms with E-state index < -0.39 is 48.4 Å². The van der Waals surface area contributed by atoms with Crippen LogP contribution in [-0.2, 0) is 9.53 Å². The molecule has 28 heavy (non-hydrogen) atoms. The molecule has 0 aromatic heterocycles. The van der Waals surface area contributed by atoms with Gasteiger partial charge in [0.2, 0.25) is 12.3 Å². The van der Waals surface area contributed by atoms with Crippen LogP contribution >= 0.6 is 11.8 Å². The third kappa shape index (κ3) is 5.76. The molecule has 0 spiro atoms. The number of nitrogens with one attached hydrogen (secondary N) is 2. The zero-order valence-corrected chi connectivity index (χ0v) is 17.2. The van der Waals surface area contributed by atoms with Gasteiger partial charge in [-0.25, -0.2) is 8.78 Å². The van der Waals surface area contributed by atoms with E-state index in [1.54, 1.807) is 6.26 Å². The average Bonchev–Trinajstić information content (AvgIpc) is 3.12. The summed E-state index contributed by atoms with van der Waals surface area (Å²) in [6, 6.07) is -1.07. The molecule has 2 fully saturated rings. The molecule has 0 aliphatic carbocycles. The number of alkyl halides is 2. The molecule has 10 heteroatoms. The smallest absolute Gasteiger partial charge is 0.238 e. The minimum atomic E-state index is -2.34. The van der Waals surface area contributed by atoms with Crippen molar-refractivity contribution in [2.45, 2.75) is 81.5 Å². The highest BCUT2D eigenvalue weighted by molar-refractivity contribution is 7.99. The summed E-state index contributed by atoms with van der Waals surface area (Å²) in [5, 5.41) is 36.5. The zero-order chi connectivity index (χ0) is 21.0. The Bertz CT molecular complexity index is 514. The number of rotatable bonds is 8. The lowest BCUT2D eigenvalue weighted by molar-refractivity contribution is -0.208. The second-order valence-electron chi connectivity index (χ2n) is 7.99. The van der Waals surface area contributed by atoms with Gasteiger partial charge >= 0.3 is 0 Å². The van der Waals surface area contributed by atoms with Crippen molar-refractivity contribution in [3.05, 3.63) is 0 Å². The van der Waals surface area contributed by atoms with Crippen LogP contribution in [0.3, 0.4) is 0 Å². The van der Waals surface area contributed by atoms with Crippen molar-refractivity contribution in [2.24, 2.45) is 11.8 Å². The van der Waals surface area contributed by atoms with Gasteiger partial charge in [-0.15, -0.1) is 11.8 Å². The Morgan fingerprint density at radius 2 is 1.93 bits per heavy atom. The maximum Gasteiger partial charge on any atom is 0.238 e. The Morgan fingerprint density at radius 3 is 2.50 bits per heavy atom. The second-order valence-corrected chi connectivity index (χ2v) is 8.92. The molecule has 0 aromatic rings. The molecule has 2 rings (SSSR count). The maximum absolute atomic E-state index is 12.7. The van der Waals surface area contributed by atoms with E-state index in [1.165, 1.54) is 11.8 Å². The highest BCUT2D eigenvalue weighted by Gasteiger charge is 2.47. The van der Waals surface area contributed by atoms with Crippen LogP contribution in [0, 0.1) is 11.8 Å². The van der Waals surface area contributed by atoms with Gasteiger partial charge in [0, 0.05) is 6.42 Å². The molecule has 0 unspecified atom stereocenters. The third-order valence-corrected chi connectivity index (χ3v) is 6.41. The first-order valence-corrected chi connectivity index (χ1v) is 11.0. The molecule has 2 heterocycles. The number of hydrogen-bond donors (Lipinski definition) is 5. The van der Waals surface area contributed by atoms with Crippen LogP contribution in [0.25, 0.3) is 0 Å². The van der Waals surface area contributed by atoms with Gasteiger partial charge in [0.15, 0.2) is 0 Å². The standard InChI is InChI=1S/C18H32F2N2O5S/c1-8(2)12(16-14(24)13(23)15(25)18(27-16)28-3)22-17(26)10-6-9(7-21-10)4-5-11(19)20/h8-16,18,21,23-25H,4-7H2,1-3H3,(H,22,26)/t9-,10+,12-,13+,14-,15-,16-,18-/m1/s1. The van der Waals surface area contributed by atoms with Crippen molar-refractivity contribution < 1.29 is 33.6 Å². The topological polar surface area (TPSA) is 111 Å². The van der Waals surface area contributed by atoms with E-state index in [4.69, 9.17) is 4.74 Å². The highest BCUT2D eigenvalue weighted by atomic mass is 32.2. The lowest BCUT2D eigenvalue weighted by atomic mass is 9.88. The van der Waals surface area contributed by atoms with Gasteiger partial charge in [0.1, 0.15) is 29.9 Å². The lowest BCUT2D eigenvalue weighted by Crippen LogP contribution is -2.64. The van der Waals surface area contributed by atoms with Gasteiger partial charge in [-0.2, -0.15) is 0 Å². The number of aliphatic hydroxyl groups excluding tert-OH is 3. The number of thioether (sulfide) groups is 1. The van der Waals surface area contributed by atoms with Crippen LogP contribution in [0.2, 0.25) is 0 Å². The van der Waals surface area contributed by atoms with E-state index in [1.807, 2.05) is 13.8 Å². The summed E-state index contributed by atoms with van der Waals surface area (Å²) in [5.74, 6) is -0.364. The molecule has 8 atom stereocenters. The Morgan fingerprint density at radius 1 is 1.25 bits per heavy atom. The summed E-state index contributed by atoms with van der Waals surface area (Å²) in [7, 11) is 0. The summed E-state index contributed by atoms with van der Waals surface area (Å²) in [6.45, 7) is 4.24. The molecule has 2 saturated heterocycles. The summed E-state index contributed by atoms with van der Waals surface area (Å²) in [4.78, 5) is 12.7. The normalized spacial score (nSPS) is 37.4. The molecular formula is C18H32F2N2O5S. The van der Waals surface area contributed by atoms with Crippen molar-refractivity contribution in [2.75, 3.05) is 12.8 Å². The van der Waals surface area contributed by atoms with Gasteiger partial charge < -0.3 is 30.7 Å². The van der Waals surface area contributed by atoms with Crippen molar-refractivity contribution in [1.82, 2.24) is 10.6 Å². The summed E-state index contributed by atoms with van der Waals surface area (Å²) in [6.07, 6.45) is -4.77. The SMILES string of the molecule is CS[C@H]1O[C@H]([C@H](NC(=O)[C@@H]2C[C@@H](CCC(F)F)CN2)C(C)C)[C@H](O)[C@H](O)[C@H]1O. The monoisotopic (exact) mass is 426 g/mol. The number of hydrogen-bond acceptors (Lipinski definition) is 7. The summed E-state index contributed by atoms with van der Waals surface area (Å²) < 4.78 is 30.6. The molecule has 7 nitrogen and oxygen atoms in total.